The van der Waals surface area contributed by atoms with E-state index in [4.69, 9.17) is 17.3 Å². The summed E-state index contributed by atoms with van der Waals surface area (Å²) in [5.41, 5.74) is 6.46. The Morgan fingerprint density at radius 1 is 1.35 bits per heavy atom. The Labute approximate surface area is 124 Å². The molecule has 1 amide bonds. The van der Waals surface area contributed by atoms with Crippen molar-refractivity contribution in [2.24, 2.45) is 0 Å². The van der Waals surface area contributed by atoms with Crippen molar-refractivity contribution in [1.29, 1.82) is 0 Å². The number of anilines is 2. The fourth-order valence-electron chi connectivity index (χ4n) is 1.38. The van der Waals surface area contributed by atoms with E-state index in [9.17, 15) is 13.2 Å². The molecule has 0 unspecified atom stereocenters. The first-order valence-electron chi connectivity index (χ1n) is 6.10. The summed E-state index contributed by atoms with van der Waals surface area (Å²) in [5.74, 6) is -0.565. The zero-order valence-corrected chi connectivity index (χ0v) is 13.3. The topological polar surface area (TPSA) is 89.3 Å². The average molecular weight is 319 g/mol. The van der Waals surface area contributed by atoms with Crippen molar-refractivity contribution < 1.29 is 13.2 Å². The van der Waals surface area contributed by atoms with E-state index < -0.39 is 14.6 Å². The lowest BCUT2D eigenvalue weighted by molar-refractivity contribution is -0.115. The van der Waals surface area contributed by atoms with Crippen LogP contribution in [0, 0.1) is 0 Å². The van der Waals surface area contributed by atoms with Crippen LogP contribution >= 0.6 is 11.6 Å². The molecular weight excluding hydrogens is 300 g/mol. The summed E-state index contributed by atoms with van der Waals surface area (Å²) in [7, 11) is -3.31. The van der Waals surface area contributed by atoms with Crippen LogP contribution in [0.5, 0.6) is 0 Å². The number of nitrogens with two attached hydrogens (primary N) is 1. The summed E-state index contributed by atoms with van der Waals surface area (Å²) in [4.78, 5) is 11.7. The molecule has 1 rings (SSSR count). The molecule has 1 aromatic carbocycles. The highest BCUT2D eigenvalue weighted by atomic mass is 35.5. The fraction of sp³-hybridized carbons (Fsp3) is 0.462. The van der Waals surface area contributed by atoms with E-state index in [1.54, 1.807) is 32.9 Å². The molecule has 0 bridgehead atoms. The number of carbonyl (C=O) groups is 1. The van der Waals surface area contributed by atoms with Gasteiger partial charge in [0.2, 0.25) is 5.91 Å². The van der Waals surface area contributed by atoms with E-state index in [1.165, 1.54) is 6.07 Å². The molecule has 0 heterocycles. The van der Waals surface area contributed by atoms with Gasteiger partial charge in [0.1, 0.15) is 0 Å². The van der Waals surface area contributed by atoms with Gasteiger partial charge in [-0.3, -0.25) is 4.79 Å². The third kappa shape index (κ3) is 4.38. The van der Waals surface area contributed by atoms with Crippen LogP contribution in [0.25, 0.3) is 0 Å². The number of sulfone groups is 1. The van der Waals surface area contributed by atoms with Crippen molar-refractivity contribution in [3.63, 3.8) is 0 Å². The summed E-state index contributed by atoms with van der Waals surface area (Å²) in [6.07, 6.45) is -0.0951. The molecule has 0 fully saturated rings. The van der Waals surface area contributed by atoms with E-state index in [0.717, 1.165) is 0 Å². The first-order valence-corrected chi connectivity index (χ1v) is 8.13. The Kier molecular flexibility index (Phi) is 5.05. The van der Waals surface area contributed by atoms with E-state index >= 15 is 0 Å². The zero-order valence-electron chi connectivity index (χ0n) is 11.7. The molecule has 0 aliphatic carbocycles. The number of carbonyl (C=O) groups excluding carboxylic acids is 1. The Balaban J connectivity index is 2.63. The molecular formula is C13H19ClN2O3S. The molecule has 0 aromatic heterocycles. The Morgan fingerprint density at radius 3 is 2.45 bits per heavy atom. The Bertz CT molecular complexity index is 607. The monoisotopic (exact) mass is 318 g/mol. The lowest BCUT2D eigenvalue weighted by Crippen LogP contribution is -2.32. The largest absolute Gasteiger partial charge is 0.397 e. The normalized spacial score (nSPS) is 12.2. The van der Waals surface area contributed by atoms with Crippen LogP contribution in [-0.4, -0.2) is 24.8 Å². The van der Waals surface area contributed by atoms with Gasteiger partial charge in [-0.25, -0.2) is 8.42 Å². The number of benzene rings is 1. The molecule has 20 heavy (non-hydrogen) atoms. The first-order chi connectivity index (χ1) is 9.03. The Hall–Kier alpha value is -1.27. The highest BCUT2D eigenvalue weighted by molar-refractivity contribution is 7.92. The first kappa shape index (κ1) is 16.8. The quantitative estimate of drug-likeness (QED) is 0.834. The molecule has 0 aliphatic heterocycles. The third-order valence-electron chi connectivity index (χ3n) is 2.81. The molecule has 0 saturated heterocycles. The molecule has 5 nitrogen and oxygen atoms in total. The Morgan fingerprint density at radius 2 is 1.95 bits per heavy atom. The van der Waals surface area contributed by atoms with Crippen molar-refractivity contribution in [2.45, 2.75) is 31.9 Å². The predicted molar refractivity (Wildman–Crippen MR) is 82.7 cm³/mol. The van der Waals surface area contributed by atoms with Gasteiger partial charge < -0.3 is 11.1 Å². The lowest BCUT2D eigenvalue weighted by atomic mass is 10.2. The van der Waals surface area contributed by atoms with Crippen molar-refractivity contribution in [1.82, 2.24) is 0 Å². The van der Waals surface area contributed by atoms with Gasteiger partial charge in [0, 0.05) is 12.1 Å². The maximum Gasteiger partial charge on any atom is 0.225 e. The number of nitrogen functional groups attached to an aromatic ring is 1. The zero-order chi connectivity index (χ0) is 15.6. The highest BCUT2D eigenvalue weighted by Gasteiger charge is 2.29. The summed E-state index contributed by atoms with van der Waals surface area (Å²) in [5, 5.41) is 2.99. The molecule has 0 radical (unpaired) electrons. The van der Waals surface area contributed by atoms with Gasteiger partial charge >= 0.3 is 0 Å². The van der Waals surface area contributed by atoms with E-state index in [-0.39, 0.29) is 18.1 Å². The molecule has 0 spiro atoms. The summed E-state index contributed by atoms with van der Waals surface area (Å²) in [6.45, 7) is 4.83. The maximum atomic E-state index is 11.9. The molecule has 0 saturated carbocycles. The predicted octanol–water partition coefficient (Wildman–Crippen LogP) is 2.46. The van der Waals surface area contributed by atoms with Gasteiger partial charge in [-0.2, -0.15) is 0 Å². The lowest BCUT2D eigenvalue weighted by Gasteiger charge is -2.18. The molecule has 1 aromatic rings. The fourth-order valence-corrected chi connectivity index (χ4v) is 2.56. The average Bonchev–Trinajstić information content (AvgIpc) is 2.30. The van der Waals surface area contributed by atoms with E-state index in [2.05, 4.69) is 5.32 Å². The summed E-state index contributed by atoms with van der Waals surface area (Å²) >= 11 is 5.77. The second-order valence-corrected chi connectivity index (χ2v) is 8.74. The van der Waals surface area contributed by atoms with E-state index in [0.29, 0.717) is 16.4 Å². The minimum Gasteiger partial charge on any atom is -0.397 e. The number of halogens is 1. The van der Waals surface area contributed by atoms with Gasteiger partial charge in [-0.15, -0.1) is 0 Å². The maximum absolute atomic E-state index is 11.9. The smallest absolute Gasteiger partial charge is 0.225 e. The number of nitrogens with one attached hydrogen (secondary N) is 1. The van der Waals surface area contributed by atoms with Crippen LogP contribution in [0.4, 0.5) is 11.4 Å². The number of hydrogen-bond acceptors (Lipinski definition) is 4. The van der Waals surface area contributed by atoms with E-state index in [1.807, 2.05) is 0 Å². The van der Waals surface area contributed by atoms with Crippen LogP contribution in [0.2, 0.25) is 5.02 Å². The van der Waals surface area contributed by atoms with Crippen molar-refractivity contribution >= 4 is 38.7 Å². The summed E-state index contributed by atoms with van der Waals surface area (Å²) < 4.78 is 22.9. The molecule has 0 aliphatic rings. The van der Waals surface area contributed by atoms with Crippen molar-refractivity contribution in [2.75, 3.05) is 16.8 Å². The highest BCUT2D eigenvalue weighted by Crippen LogP contribution is 2.22. The van der Waals surface area contributed by atoms with Crippen LogP contribution in [0.3, 0.4) is 0 Å². The molecule has 3 N–H and O–H groups in total. The third-order valence-corrected chi connectivity index (χ3v) is 5.76. The number of hydrogen-bond donors (Lipinski definition) is 2. The van der Waals surface area contributed by atoms with Gasteiger partial charge in [-0.1, -0.05) is 11.6 Å². The van der Waals surface area contributed by atoms with Crippen molar-refractivity contribution in [3.05, 3.63) is 23.2 Å². The second-order valence-electron chi connectivity index (χ2n) is 5.47. The molecule has 7 heteroatoms. The molecule has 112 valence electrons. The minimum atomic E-state index is -3.31. The summed E-state index contributed by atoms with van der Waals surface area (Å²) in [6, 6.07) is 4.70. The van der Waals surface area contributed by atoms with Gasteiger partial charge in [-0.05, 0) is 39.0 Å². The second kappa shape index (κ2) is 6.01. The molecule has 0 atom stereocenters. The number of amides is 1. The van der Waals surface area contributed by atoms with Crippen LogP contribution in [-0.2, 0) is 14.6 Å². The van der Waals surface area contributed by atoms with Gasteiger partial charge in [0.15, 0.2) is 9.84 Å². The van der Waals surface area contributed by atoms with Gasteiger partial charge in [0.25, 0.3) is 0 Å². The van der Waals surface area contributed by atoms with Crippen molar-refractivity contribution in [3.8, 4) is 0 Å². The van der Waals surface area contributed by atoms with Crippen LogP contribution < -0.4 is 11.1 Å². The SMILES string of the molecule is CC(C)(C)S(=O)(=O)CCC(=O)Nc1ccc(Cl)c(N)c1. The minimum absolute atomic E-state index is 0.0951. The van der Waals surface area contributed by atoms with Gasteiger partial charge in [0.05, 0.1) is 21.2 Å². The van der Waals surface area contributed by atoms with Crippen LogP contribution in [0.15, 0.2) is 18.2 Å². The number of rotatable bonds is 4. The van der Waals surface area contributed by atoms with Crippen LogP contribution in [0.1, 0.15) is 27.2 Å². The standard InChI is InChI=1S/C13H19ClN2O3S/c1-13(2,3)20(18,19)7-6-12(17)16-9-4-5-10(14)11(15)8-9/h4-5,8H,6-7,15H2,1-3H3,(H,16,17).